The van der Waals surface area contributed by atoms with Gasteiger partial charge in [0, 0.05) is 0 Å². The van der Waals surface area contributed by atoms with Crippen LogP contribution in [0.5, 0.6) is 0 Å². The summed E-state index contributed by atoms with van der Waals surface area (Å²) >= 11 is 0. The molecule has 27 heavy (non-hydrogen) atoms. The van der Waals surface area contributed by atoms with E-state index in [9.17, 15) is 9.90 Å². The van der Waals surface area contributed by atoms with E-state index in [-0.39, 0.29) is 0 Å². The molecule has 0 aliphatic heterocycles. The number of unbranched alkanes of at least 4 members (excludes halogenated alkanes) is 2. The van der Waals surface area contributed by atoms with Crippen molar-refractivity contribution in [3.63, 3.8) is 0 Å². The molecule has 1 unspecified atom stereocenters. The van der Waals surface area contributed by atoms with E-state index >= 15 is 0 Å². The van der Waals surface area contributed by atoms with Gasteiger partial charge in [-0.25, -0.2) is 4.79 Å². The van der Waals surface area contributed by atoms with Crippen molar-refractivity contribution < 1.29 is 14.6 Å². The Hall–Kier alpha value is -2.29. The number of hydrogen-bond donors (Lipinski definition) is 1. The fourth-order valence-electron chi connectivity index (χ4n) is 3.56. The Morgan fingerprint density at radius 3 is 2.30 bits per heavy atom. The number of carboxylic acid groups (broad SMARTS) is 1. The van der Waals surface area contributed by atoms with Crippen molar-refractivity contribution in [2.45, 2.75) is 71.3 Å². The van der Waals surface area contributed by atoms with Crippen LogP contribution in [0, 0.1) is 0 Å². The molecule has 2 rings (SSSR count). The number of benzene rings is 2. The van der Waals surface area contributed by atoms with Crippen LogP contribution in [0.3, 0.4) is 0 Å². The van der Waals surface area contributed by atoms with Crippen molar-refractivity contribution in [1.82, 2.24) is 0 Å². The summed E-state index contributed by atoms with van der Waals surface area (Å²) in [6, 6.07) is 16.5. The second-order valence-electron chi connectivity index (χ2n) is 7.09. The highest BCUT2D eigenvalue weighted by atomic mass is 16.7. The highest BCUT2D eigenvalue weighted by Gasteiger charge is 2.21. The highest BCUT2D eigenvalue weighted by Crippen LogP contribution is 2.30. The number of ether oxygens (including phenoxy) is 1. The van der Waals surface area contributed by atoms with Crippen molar-refractivity contribution in [3.8, 4) is 0 Å². The molecule has 0 aliphatic carbocycles. The molecule has 0 aromatic heterocycles. The quantitative estimate of drug-likeness (QED) is 0.447. The van der Waals surface area contributed by atoms with Crippen LogP contribution in [0.15, 0.2) is 48.5 Å². The summed E-state index contributed by atoms with van der Waals surface area (Å²) in [6.07, 6.45) is 6.39. The molecular formula is C24H32O3. The van der Waals surface area contributed by atoms with Crippen molar-refractivity contribution in [2.75, 3.05) is 0 Å². The highest BCUT2D eigenvalue weighted by molar-refractivity contribution is 5.57. The Bertz CT molecular complexity index is 694. The fourth-order valence-corrected chi connectivity index (χ4v) is 3.56. The van der Waals surface area contributed by atoms with E-state index in [2.05, 4.69) is 44.2 Å². The average molecular weight is 369 g/mol. The molecule has 0 bridgehead atoms. The van der Waals surface area contributed by atoms with Gasteiger partial charge in [0.15, 0.2) is 0 Å². The van der Waals surface area contributed by atoms with Gasteiger partial charge >= 0.3 is 6.16 Å². The Morgan fingerprint density at radius 2 is 1.63 bits per heavy atom. The molecule has 2 aromatic rings. The van der Waals surface area contributed by atoms with Crippen molar-refractivity contribution in [1.29, 1.82) is 0 Å². The Balaban J connectivity index is 2.29. The molecule has 0 radical (unpaired) electrons. The lowest BCUT2D eigenvalue weighted by atomic mass is 9.89. The third-order valence-corrected chi connectivity index (χ3v) is 5.02. The molecule has 0 aliphatic rings. The monoisotopic (exact) mass is 368 g/mol. The van der Waals surface area contributed by atoms with Crippen LogP contribution in [0.25, 0.3) is 0 Å². The summed E-state index contributed by atoms with van der Waals surface area (Å²) < 4.78 is 5.35. The first kappa shape index (κ1) is 21.0. The van der Waals surface area contributed by atoms with E-state index in [1.54, 1.807) is 0 Å². The normalized spacial score (nSPS) is 11.9. The van der Waals surface area contributed by atoms with E-state index in [1.807, 2.05) is 18.2 Å². The van der Waals surface area contributed by atoms with E-state index in [1.165, 1.54) is 16.7 Å². The van der Waals surface area contributed by atoms with Crippen LogP contribution < -0.4 is 0 Å². The van der Waals surface area contributed by atoms with Crippen molar-refractivity contribution >= 4 is 6.16 Å². The molecule has 2 aromatic carbocycles. The maximum absolute atomic E-state index is 11.4. The summed E-state index contributed by atoms with van der Waals surface area (Å²) in [5.74, 6) is 0. The van der Waals surface area contributed by atoms with Gasteiger partial charge in [-0.05, 0) is 60.8 Å². The van der Waals surface area contributed by atoms with E-state index in [0.29, 0.717) is 6.42 Å². The zero-order valence-electron chi connectivity index (χ0n) is 16.6. The Kier molecular flexibility index (Phi) is 8.90. The molecule has 0 amide bonds. The van der Waals surface area contributed by atoms with Gasteiger partial charge in [0.05, 0.1) is 0 Å². The smallest absolute Gasteiger partial charge is 0.450 e. The maximum atomic E-state index is 11.4. The molecule has 0 spiro atoms. The molecule has 3 heteroatoms. The largest absolute Gasteiger partial charge is 0.506 e. The summed E-state index contributed by atoms with van der Waals surface area (Å²) in [7, 11) is 0. The van der Waals surface area contributed by atoms with Gasteiger partial charge in [-0.2, -0.15) is 0 Å². The van der Waals surface area contributed by atoms with Crippen LogP contribution in [-0.2, 0) is 24.0 Å². The van der Waals surface area contributed by atoms with E-state index < -0.39 is 12.3 Å². The topological polar surface area (TPSA) is 46.5 Å². The second kappa shape index (κ2) is 11.4. The molecule has 146 valence electrons. The van der Waals surface area contributed by atoms with Gasteiger partial charge in [-0.1, -0.05) is 75.2 Å². The van der Waals surface area contributed by atoms with Gasteiger partial charge in [0.2, 0.25) is 0 Å². The van der Waals surface area contributed by atoms with Crippen molar-refractivity contribution in [2.24, 2.45) is 0 Å². The molecule has 0 saturated carbocycles. The summed E-state index contributed by atoms with van der Waals surface area (Å²) in [6.45, 7) is 4.39. The average Bonchev–Trinajstić information content (AvgIpc) is 2.68. The summed E-state index contributed by atoms with van der Waals surface area (Å²) in [4.78, 5) is 11.4. The van der Waals surface area contributed by atoms with E-state index in [4.69, 9.17) is 4.74 Å². The Morgan fingerprint density at radius 1 is 0.926 bits per heavy atom. The lowest BCUT2D eigenvalue weighted by molar-refractivity contribution is 0.0472. The molecule has 1 atom stereocenters. The van der Waals surface area contributed by atoms with Crippen LogP contribution in [-0.4, -0.2) is 11.3 Å². The number of hydrogen-bond acceptors (Lipinski definition) is 2. The molecule has 0 heterocycles. The van der Waals surface area contributed by atoms with Crippen LogP contribution in [0.1, 0.15) is 74.3 Å². The van der Waals surface area contributed by atoms with Crippen LogP contribution in [0.2, 0.25) is 0 Å². The number of rotatable bonds is 11. The van der Waals surface area contributed by atoms with Gasteiger partial charge < -0.3 is 9.84 Å². The SMILES string of the molecule is CCCCc1cccc(C(CCc2ccccc2)OC(=O)O)c1CCCC. The second-order valence-corrected chi connectivity index (χ2v) is 7.09. The van der Waals surface area contributed by atoms with E-state index in [0.717, 1.165) is 50.5 Å². The summed E-state index contributed by atoms with van der Waals surface area (Å²) in [5.41, 5.74) is 4.90. The minimum absolute atomic E-state index is 0.420. The minimum atomic E-state index is -1.20. The first-order chi connectivity index (χ1) is 13.2. The fraction of sp³-hybridized carbons (Fsp3) is 0.458. The third-order valence-electron chi connectivity index (χ3n) is 5.02. The molecular weight excluding hydrogens is 336 g/mol. The zero-order valence-corrected chi connectivity index (χ0v) is 16.6. The first-order valence-corrected chi connectivity index (χ1v) is 10.2. The van der Waals surface area contributed by atoms with Crippen molar-refractivity contribution in [3.05, 3.63) is 70.8 Å². The maximum Gasteiger partial charge on any atom is 0.506 e. The van der Waals surface area contributed by atoms with Gasteiger partial charge in [-0.15, -0.1) is 0 Å². The lowest BCUT2D eigenvalue weighted by Gasteiger charge is -2.22. The van der Waals surface area contributed by atoms with Gasteiger partial charge in [0.1, 0.15) is 6.10 Å². The van der Waals surface area contributed by atoms with Gasteiger partial charge in [0.25, 0.3) is 0 Å². The first-order valence-electron chi connectivity index (χ1n) is 10.2. The number of aryl methyl sites for hydroxylation is 2. The lowest BCUT2D eigenvalue weighted by Crippen LogP contribution is -2.14. The van der Waals surface area contributed by atoms with Gasteiger partial charge in [-0.3, -0.25) is 0 Å². The molecule has 1 N–H and O–H groups in total. The molecule has 0 saturated heterocycles. The Labute approximate surface area is 163 Å². The standard InChI is InChI=1S/C24H32O3/c1-3-5-13-20-14-10-16-22(21(20)15-6-4-2)23(27-24(25)26)18-17-19-11-8-7-9-12-19/h7-12,14,16,23H,3-6,13,15,17-18H2,1-2H3,(H,25,26). The van der Waals surface area contributed by atoms with Crippen LogP contribution in [0.4, 0.5) is 4.79 Å². The van der Waals surface area contributed by atoms with Crippen LogP contribution >= 0.6 is 0 Å². The minimum Gasteiger partial charge on any atom is -0.450 e. The predicted octanol–water partition coefficient (Wildman–Crippen LogP) is 6.74. The number of carbonyl (C=O) groups is 1. The molecule has 3 nitrogen and oxygen atoms in total. The zero-order chi connectivity index (χ0) is 19.5. The third kappa shape index (κ3) is 6.74. The predicted molar refractivity (Wildman–Crippen MR) is 110 cm³/mol. The molecule has 0 fully saturated rings. The summed E-state index contributed by atoms with van der Waals surface area (Å²) in [5, 5.41) is 9.30.